The summed E-state index contributed by atoms with van der Waals surface area (Å²) in [6, 6.07) is 0. The van der Waals surface area contributed by atoms with Crippen molar-refractivity contribution in [3.63, 3.8) is 0 Å². The van der Waals surface area contributed by atoms with Gasteiger partial charge in [-0.15, -0.1) is 0 Å². The summed E-state index contributed by atoms with van der Waals surface area (Å²) < 4.78 is 15.4. The van der Waals surface area contributed by atoms with Crippen molar-refractivity contribution < 1.29 is 24.1 Å². The maximum Gasteiger partial charge on any atom is 0.338 e. The molecule has 17 heavy (non-hydrogen) atoms. The third-order valence-corrected chi connectivity index (χ3v) is 3.19. The van der Waals surface area contributed by atoms with Crippen LogP contribution in [0.15, 0.2) is 4.47 Å². The predicted molar refractivity (Wildman–Crippen MR) is 65.8 cm³/mol. The molecule has 7 heteroatoms. The minimum Gasteiger partial charge on any atom is -0.492 e. The predicted octanol–water partition coefficient (Wildman–Crippen LogP) is 2.83. The number of benzene rings is 1. The molecule has 1 aromatic rings. The Labute approximate surface area is 111 Å². The van der Waals surface area contributed by atoms with Crippen LogP contribution in [0.4, 0.5) is 0 Å². The molecule has 0 fully saturated rings. The molecular weight excluding hydrogens is 315 g/mol. The van der Waals surface area contributed by atoms with Crippen LogP contribution in [-0.2, 0) is 0 Å². The van der Waals surface area contributed by atoms with Gasteiger partial charge < -0.3 is 19.3 Å². The van der Waals surface area contributed by atoms with Gasteiger partial charge in [-0.3, -0.25) is 0 Å². The SMILES string of the molecule is COc1c(Cl)c(C(=O)O)c(Br)c(OC)c1OC. The Kier molecular flexibility index (Phi) is 4.47. The standard InChI is InChI=1S/C10H10BrClO5/c1-15-7-5(11)4(10(13)14)6(12)8(16-2)9(7)17-3/h1-3H3,(H,13,14). The molecule has 0 spiro atoms. The lowest BCUT2D eigenvalue weighted by Gasteiger charge is -2.17. The summed E-state index contributed by atoms with van der Waals surface area (Å²) in [4.78, 5) is 11.1. The molecule has 0 saturated carbocycles. The van der Waals surface area contributed by atoms with Gasteiger partial charge in [-0.1, -0.05) is 11.6 Å². The quantitative estimate of drug-likeness (QED) is 0.922. The number of rotatable bonds is 4. The highest BCUT2D eigenvalue weighted by Gasteiger charge is 2.27. The first-order chi connectivity index (χ1) is 7.99. The van der Waals surface area contributed by atoms with Crippen molar-refractivity contribution in [1.82, 2.24) is 0 Å². The van der Waals surface area contributed by atoms with E-state index in [9.17, 15) is 4.79 Å². The van der Waals surface area contributed by atoms with E-state index >= 15 is 0 Å². The van der Waals surface area contributed by atoms with E-state index in [1.165, 1.54) is 21.3 Å². The maximum absolute atomic E-state index is 11.1. The molecule has 1 N–H and O–H groups in total. The van der Waals surface area contributed by atoms with E-state index in [1.54, 1.807) is 0 Å². The highest BCUT2D eigenvalue weighted by Crippen LogP contribution is 2.49. The molecule has 5 nitrogen and oxygen atoms in total. The molecule has 0 saturated heterocycles. The second-order valence-electron chi connectivity index (χ2n) is 2.91. The van der Waals surface area contributed by atoms with Crippen molar-refractivity contribution in [2.45, 2.75) is 0 Å². The van der Waals surface area contributed by atoms with Gasteiger partial charge in [-0.25, -0.2) is 4.79 Å². The van der Waals surface area contributed by atoms with Gasteiger partial charge in [0.2, 0.25) is 5.75 Å². The van der Waals surface area contributed by atoms with Gasteiger partial charge in [0.15, 0.2) is 11.5 Å². The Morgan fingerprint density at radius 1 is 1.12 bits per heavy atom. The van der Waals surface area contributed by atoms with Crippen molar-refractivity contribution in [3.05, 3.63) is 15.1 Å². The smallest absolute Gasteiger partial charge is 0.338 e. The number of carboxylic acids is 1. The number of hydrogen-bond donors (Lipinski definition) is 1. The van der Waals surface area contributed by atoms with Crippen LogP contribution in [0.3, 0.4) is 0 Å². The van der Waals surface area contributed by atoms with E-state index in [0.717, 1.165) is 0 Å². The average Bonchev–Trinajstić information content (AvgIpc) is 2.27. The third kappa shape index (κ3) is 2.28. The zero-order valence-corrected chi connectivity index (χ0v) is 11.7. The van der Waals surface area contributed by atoms with E-state index in [4.69, 9.17) is 30.9 Å². The van der Waals surface area contributed by atoms with Crippen LogP contribution >= 0.6 is 27.5 Å². The zero-order chi connectivity index (χ0) is 13.2. The summed E-state index contributed by atoms with van der Waals surface area (Å²) in [5.41, 5.74) is -0.138. The summed E-state index contributed by atoms with van der Waals surface area (Å²) in [7, 11) is 4.16. The lowest BCUT2D eigenvalue weighted by molar-refractivity contribution is 0.0695. The van der Waals surface area contributed by atoms with E-state index in [-0.39, 0.29) is 32.3 Å². The van der Waals surface area contributed by atoms with Crippen LogP contribution in [0, 0.1) is 0 Å². The first-order valence-electron chi connectivity index (χ1n) is 4.39. The number of halogens is 2. The van der Waals surface area contributed by atoms with Crippen LogP contribution in [0.25, 0.3) is 0 Å². The van der Waals surface area contributed by atoms with E-state index in [1.807, 2.05) is 0 Å². The van der Waals surface area contributed by atoms with Crippen LogP contribution < -0.4 is 14.2 Å². The van der Waals surface area contributed by atoms with Crippen molar-refractivity contribution >= 4 is 33.5 Å². The van der Waals surface area contributed by atoms with Crippen molar-refractivity contribution in [2.24, 2.45) is 0 Å². The Morgan fingerprint density at radius 3 is 1.94 bits per heavy atom. The minimum atomic E-state index is -1.19. The fourth-order valence-corrected chi connectivity index (χ4v) is 2.53. The minimum absolute atomic E-state index is 0.0514. The molecule has 0 bridgehead atoms. The first kappa shape index (κ1) is 13.9. The molecule has 0 aliphatic carbocycles. The summed E-state index contributed by atoms with van der Waals surface area (Å²) in [6.07, 6.45) is 0. The summed E-state index contributed by atoms with van der Waals surface area (Å²) in [5.74, 6) is -0.629. The Morgan fingerprint density at radius 2 is 1.59 bits per heavy atom. The van der Waals surface area contributed by atoms with Gasteiger partial charge in [0.25, 0.3) is 0 Å². The van der Waals surface area contributed by atoms with Gasteiger partial charge in [0.05, 0.1) is 25.8 Å². The molecule has 0 aromatic heterocycles. The van der Waals surface area contributed by atoms with Gasteiger partial charge in [0.1, 0.15) is 10.6 Å². The fourth-order valence-electron chi connectivity index (χ4n) is 1.36. The van der Waals surface area contributed by atoms with Crippen LogP contribution in [-0.4, -0.2) is 32.4 Å². The molecule has 0 aliphatic rings. The number of ether oxygens (including phenoxy) is 3. The summed E-state index contributed by atoms with van der Waals surface area (Å²) >= 11 is 9.07. The number of aromatic carboxylic acids is 1. The number of carbonyl (C=O) groups is 1. The summed E-state index contributed by atoms with van der Waals surface area (Å²) in [6.45, 7) is 0. The lowest BCUT2D eigenvalue weighted by Crippen LogP contribution is -2.05. The lowest BCUT2D eigenvalue weighted by atomic mass is 10.1. The Hall–Kier alpha value is -1.14. The first-order valence-corrected chi connectivity index (χ1v) is 5.56. The van der Waals surface area contributed by atoms with Gasteiger partial charge >= 0.3 is 5.97 Å². The molecule has 0 heterocycles. The largest absolute Gasteiger partial charge is 0.492 e. The number of methoxy groups -OCH3 is 3. The van der Waals surface area contributed by atoms with E-state index in [0.29, 0.717) is 0 Å². The van der Waals surface area contributed by atoms with Crippen molar-refractivity contribution in [1.29, 1.82) is 0 Å². The van der Waals surface area contributed by atoms with E-state index < -0.39 is 5.97 Å². The number of carboxylic acid groups (broad SMARTS) is 1. The molecule has 0 atom stereocenters. The average molecular weight is 326 g/mol. The van der Waals surface area contributed by atoms with Crippen LogP contribution in [0.1, 0.15) is 10.4 Å². The van der Waals surface area contributed by atoms with Gasteiger partial charge in [-0.2, -0.15) is 0 Å². The number of hydrogen-bond acceptors (Lipinski definition) is 4. The third-order valence-electron chi connectivity index (χ3n) is 2.08. The van der Waals surface area contributed by atoms with E-state index in [2.05, 4.69) is 15.9 Å². The van der Waals surface area contributed by atoms with Crippen LogP contribution in [0.5, 0.6) is 17.2 Å². The zero-order valence-electron chi connectivity index (χ0n) is 9.34. The van der Waals surface area contributed by atoms with Crippen molar-refractivity contribution in [2.75, 3.05) is 21.3 Å². The molecule has 0 aliphatic heterocycles. The van der Waals surface area contributed by atoms with Crippen LogP contribution in [0.2, 0.25) is 5.02 Å². The molecule has 0 radical (unpaired) electrons. The Bertz CT molecular complexity index is 429. The second kappa shape index (κ2) is 5.46. The normalized spacial score (nSPS) is 9.94. The molecule has 1 rings (SSSR count). The topological polar surface area (TPSA) is 65.0 Å². The van der Waals surface area contributed by atoms with Gasteiger partial charge in [-0.05, 0) is 15.9 Å². The fraction of sp³-hybridized carbons (Fsp3) is 0.300. The molecular formula is C10H10BrClO5. The second-order valence-corrected chi connectivity index (χ2v) is 4.08. The monoisotopic (exact) mass is 324 g/mol. The molecule has 0 unspecified atom stereocenters. The highest BCUT2D eigenvalue weighted by molar-refractivity contribution is 9.10. The maximum atomic E-state index is 11.1. The van der Waals surface area contributed by atoms with Crippen molar-refractivity contribution in [3.8, 4) is 17.2 Å². The highest BCUT2D eigenvalue weighted by atomic mass is 79.9. The van der Waals surface area contributed by atoms with Gasteiger partial charge in [0, 0.05) is 0 Å². The molecule has 1 aromatic carbocycles. The summed E-state index contributed by atoms with van der Waals surface area (Å²) in [5, 5.41) is 9.03. The molecule has 0 amide bonds. The Balaban J connectivity index is 3.73. The molecule has 94 valence electrons.